The molecule has 0 aliphatic heterocycles. The van der Waals surface area contributed by atoms with E-state index in [9.17, 15) is 22.0 Å². The van der Waals surface area contributed by atoms with E-state index in [-0.39, 0.29) is 28.5 Å². The number of halogens is 5. The van der Waals surface area contributed by atoms with Gasteiger partial charge in [-0.2, -0.15) is 26.9 Å². The first kappa shape index (κ1) is 19.8. The van der Waals surface area contributed by atoms with Crippen molar-refractivity contribution in [1.29, 1.82) is 0 Å². The Morgan fingerprint density at radius 1 is 0.964 bits per heavy atom. The largest absolute Gasteiger partial charge is 0.439 e. The van der Waals surface area contributed by atoms with Crippen LogP contribution in [-0.2, 0) is 6.18 Å². The van der Waals surface area contributed by atoms with Crippen molar-refractivity contribution in [3.8, 4) is 28.5 Å². The number of hydrogen-bond acceptors (Lipinski definition) is 6. The van der Waals surface area contributed by atoms with E-state index < -0.39 is 17.7 Å². The molecule has 0 spiro atoms. The number of pyridine rings is 2. The number of thiophene rings is 1. The van der Waals surface area contributed by atoms with E-state index in [0.29, 0.717) is 16.9 Å². The van der Waals surface area contributed by atoms with Crippen LogP contribution in [-0.4, -0.2) is 16.6 Å². The van der Waals surface area contributed by atoms with Crippen molar-refractivity contribution in [2.24, 2.45) is 0 Å². The second-order valence-electron chi connectivity index (χ2n) is 5.35. The van der Waals surface area contributed by atoms with Gasteiger partial charge in [0.1, 0.15) is 10.6 Å². The molecule has 0 radical (unpaired) electrons. The smallest absolute Gasteiger partial charge is 0.425 e. The minimum Gasteiger partial charge on any atom is -0.439 e. The van der Waals surface area contributed by atoms with Gasteiger partial charge in [0.2, 0.25) is 17.6 Å². The topological polar surface area (TPSA) is 53.5 Å². The van der Waals surface area contributed by atoms with Crippen LogP contribution in [0.4, 0.5) is 22.0 Å². The third-order valence-corrected chi connectivity index (χ3v) is 4.14. The van der Waals surface area contributed by atoms with Crippen LogP contribution in [0.3, 0.4) is 0 Å². The SMILES string of the molecule is Cc1cc(Oc2ccnc(OC(F)F)c2)nc(Oc2ccc(C(F)(F)F)s2)c1. The van der Waals surface area contributed by atoms with Crippen LogP contribution < -0.4 is 14.2 Å². The second kappa shape index (κ2) is 7.97. The molecule has 0 atom stereocenters. The zero-order valence-electron chi connectivity index (χ0n) is 14.0. The third-order valence-electron chi connectivity index (χ3n) is 3.13. The van der Waals surface area contributed by atoms with E-state index in [2.05, 4.69) is 14.7 Å². The van der Waals surface area contributed by atoms with Gasteiger partial charge >= 0.3 is 12.8 Å². The third kappa shape index (κ3) is 5.28. The minimum absolute atomic E-state index is 0.00732. The monoisotopic (exact) mass is 418 g/mol. The number of nitrogens with zero attached hydrogens (tertiary/aromatic N) is 2. The molecular formula is C17H11F5N2O3S. The normalized spacial score (nSPS) is 11.5. The molecular weight excluding hydrogens is 407 g/mol. The lowest BCUT2D eigenvalue weighted by molar-refractivity contribution is -0.134. The summed E-state index contributed by atoms with van der Waals surface area (Å²) in [6.07, 6.45) is -3.25. The lowest BCUT2D eigenvalue weighted by atomic mass is 10.3. The fraction of sp³-hybridized carbons (Fsp3) is 0.176. The molecule has 5 nitrogen and oxygen atoms in total. The Labute approximate surface area is 159 Å². The molecule has 0 saturated heterocycles. The fourth-order valence-corrected chi connectivity index (χ4v) is 2.80. The van der Waals surface area contributed by atoms with E-state index in [0.717, 1.165) is 12.1 Å². The molecule has 28 heavy (non-hydrogen) atoms. The highest BCUT2D eigenvalue weighted by Gasteiger charge is 2.32. The molecule has 3 rings (SSSR count). The van der Waals surface area contributed by atoms with Crippen molar-refractivity contribution in [3.63, 3.8) is 0 Å². The summed E-state index contributed by atoms with van der Waals surface area (Å²) in [5.41, 5.74) is 0.658. The van der Waals surface area contributed by atoms with Crippen LogP contribution >= 0.6 is 11.3 Å². The maximum atomic E-state index is 12.7. The number of alkyl halides is 5. The van der Waals surface area contributed by atoms with Crippen molar-refractivity contribution >= 4 is 11.3 Å². The predicted octanol–water partition coefficient (Wildman–Crippen LogP) is 6.05. The van der Waals surface area contributed by atoms with Crippen LogP contribution in [0, 0.1) is 6.92 Å². The number of aromatic nitrogens is 2. The first-order chi connectivity index (χ1) is 13.2. The summed E-state index contributed by atoms with van der Waals surface area (Å²) in [5, 5.41) is 0.00732. The molecule has 0 N–H and O–H groups in total. The van der Waals surface area contributed by atoms with Gasteiger partial charge in [-0.05, 0) is 30.7 Å². The zero-order valence-corrected chi connectivity index (χ0v) is 14.9. The molecule has 0 saturated carbocycles. The van der Waals surface area contributed by atoms with Crippen LogP contribution in [0.1, 0.15) is 10.4 Å². The highest BCUT2D eigenvalue weighted by molar-refractivity contribution is 7.13. The van der Waals surface area contributed by atoms with Crippen LogP contribution in [0.2, 0.25) is 0 Å². The Kier molecular flexibility index (Phi) is 5.63. The molecule has 148 valence electrons. The molecule has 0 aliphatic rings. The molecule has 3 aromatic rings. The number of rotatable bonds is 6. The Balaban J connectivity index is 1.77. The zero-order chi connectivity index (χ0) is 20.3. The average Bonchev–Trinajstić information content (AvgIpc) is 3.02. The standard InChI is InChI=1S/C17H11F5N2O3S/c1-9-6-13(25-10-4-5-23-12(8-10)27-16(18)19)24-14(7-9)26-15-3-2-11(28-15)17(20,21)22/h2-8,16H,1H3. The van der Waals surface area contributed by atoms with Crippen LogP contribution in [0.15, 0.2) is 42.6 Å². The van der Waals surface area contributed by atoms with E-state index in [4.69, 9.17) is 9.47 Å². The van der Waals surface area contributed by atoms with E-state index in [1.165, 1.54) is 30.5 Å². The molecule has 0 amide bonds. The quantitative estimate of drug-likeness (QED) is 0.456. The molecule has 0 aliphatic carbocycles. The Morgan fingerprint density at radius 3 is 2.32 bits per heavy atom. The maximum Gasteiger partial charge on any atom is 0.425 e. The summed E-state index contributed by atoms with van der Waals surface area (Å²) in [6, 6.07) is 7.70. The Hall–Kier alpha value is -2.95. The lowest BCUT2D eigenvalue weighted by Crippen LogP contribution is -2.03. The summed E-state index contributed by atoms with van der Waals surface area (Å²) in [5.74, 6) is -0.138. The van der Waals surface area contributed by atoms with Gasteiger partial charge in [0.15, 0.2) is 5.06 Å². The fourth-order valence-electron chi connectivity index (χ4n) is 2.07. The molecule has 0 aromatic carbocycles. The molecule has 0 bridgehead atoms. The van der Waals surface area contributed by atoms with E-state index in [1.54, 1.807) is 6.92 Å². The van der Waals surface area contributed by atoms with E-state index >= 15 is 0 Å². The van der Waals surface area contributed by atoms with Gasteiger partial charge in [-0.1, -0.05) is 11.3 Å². The van der Waals surface area contributed by atoms with Crippen LogP contribution in [0.25, 0.3) is 0 Å². The minimum atomic E-state index is -4.46. The summed E-state index contributed by atoms with van der Waals surface area (Å²) in [7, 11) is 0. The lowest BCUT2D eigenvalue weighted by Gasteiger charge is -2.09. The van der Waals surface area contributed by atoms with Gasteiger partial charge in [-0.3, -0.25) is 0 Å². The average molecular weight is 418 g/mol. The Morgan fingerprint density at radius 2 is 1.68 bits per heavy atom. The van der Waals surface area contributed by atoms with Crippen LogP contribution in [0.5, 0.6) is 28.5 Å². The van der Waals surface area contributed by atoms with Crippen molar-refractivity contribution in [2.75, 3.05) is 0 Å². The maximum absolute atomic E-state index is 12.7. The second-order valence-corrected chi connectivity index (χ2v) is 6.40. The molecule has 3 heterocycles. The molecule has 3 aromatic heterocycles. The number of aryl methyl sites for hydroxylation is 1. The van der Waals surface area contributed by atoms with E-state index in [1.807, 2.05) is 0 Å². The van der Waals surface area contributed by atoms with Crippen molar-refractivity contribution in [2.45, 2.75) is 19.7 Å². The first-order valence-electron chi connectivity index (χ1n) is 7.61. The highest BCUT2D eigenvalue weighted by atomic mass is 32.1. The van der Waals surface area contributed by atoms with Gasteiger partial charge in [0.25, 0.3) is 0 Å². The summed E-state index contributed by atoms with van der Waals surface area (Å²) >= 11 is 0.434. The molecule has 0 fully saturated rings. The van der Waals surface area contributed by atoms with Crippen molar-refractivity contribution < 1.29 is 36.2 Å². The van der Waals surface area contributed by atoms with Crippen molar-refractivity contribution in [1.82, 2.24) is 9.97 Å². The van der Waals surface area contributed by atoms with Gasteiger partial charge in [-0.15, -0.1) is 0 Å². The molecule has 11 heteroatoms. The Bertz CT molecular complexity index is 962. The van der Waals surface area contributed by atoms with Crippen molar-refractivity contribution in [3.05, 3.63) is 53.0 Å². The van der Waals surface area contributed by atoms with Gasteiger partial charge in [0.05, 0.1) is 0 Å². The van der Waals surface area contributed by atoms with Gasteiger partial charge in [0, 0.05) is 24.4 Å². The summed E-state index contributed by atoms with van der Waals surface area (Å²) < 4.78 is 77.6. The van der Waals surface area contributed by atoms with Gasteiger partial charge < -0.3 is 14.2 Å². The number of ether oxygens (including phenoxy) is 3. The highest BCUT2D eigenvalue weighted by Crippen LogP contribution is 2.39. The summed E-state index contributed by atoms with van der Waals surface area (Å²) in [6.45, 7) is -1.33. The molecule has 0 unspecified atom stereocenters. The predicted molar refractivity (Wildman–Crippen MR) is 89.3 cm³/mol. The summed E-state index contributed by atoms with van der Waals surface area (Å²) in [4.78, 5) is 6.88. The van der Waals surface area contributed by atoms with Gasteiger partial charge in [-0.25, -0.2) is 4.98 Å². The first-order valence-corrected chi connectivity index (χ1v) is 8.43. The number of hydrogen-bond donors (Lipinski definition) is 0.